The Morgan fingerprint density at radius 3 is 2.68 bits per heavy atom. The van der Waals surface area contributed by atoms with Crippen LogP contribution in [0.4, 0.5) is 0 Å². The Balaban J connectivity index is 2.23. The van der Waals surface area contributed by atoms with E-state index < -0.39 is 5.56 Å². The number of rotatable bonds is 5. The van der Waals surface area contributed by atoms with Crippen LogP contribution in [0, 0.1) is 4.77 Å². The fourth-order valence-corrected chi connectivity index (χ4v) is 2.54. The maximum atomic E-state index is 12.0. The van der Waals surface area contributed by atoms with E-state index in [-0.39, 0.29) is 16.2 Å². The number of nitrogens with zero attached hydrogens (tertiary/aromatic N) is 4. The zero-order valence-electron chi connectivity index (χ0n) is 13.1. The van der Waals surface area contributed by atoms with E-state index in [1.54, 1.807) is 4.57 Å². The molecule has 8 heteroatoms. The average molecular weight is 325 g/mol. The molecule has 2 N–H and O–H groups in total. The maximum absolute atomic E-state index is 12.0. The minimum absolute atomic E-state index is 0.111. The van der Waals surface area contributed by atoms with Crippen molar-refractivity contribution >= 4 is 18.4 Å². The van der Waals surface area contributed by atoms with E-state index in [0.717, 1.165) is 39.0 Å². The number of H-pyrrole nitrogens is 1. The van der Waals surface area contributed by atoms with Crippen molar-refractivity contribution in [2.75, 3.05) is 33.2 Å². The van der Waals surface area contributed by atoms with Crippen LogP contribution in [0.2, 0.25) is 0 Å². The molecule has 2 rings (SSSR count). The molecule has 1 fully saturated rings. The highest BCUT2D eigenvalue weighted by molar-refractivity contribution is 7.71. The molecule has 1 aromatic heterocycles. The molecule has 0 saturated carbocycles. The molecule has 0 bridgehead atoms. The zero-order valence-corrected chi connectivity index (χ0v) is 13.9. The quantitative estimate of drug-likeness (QED) is 0.624. The number of hydrazone groups is 1. The number of unbranched alkanes of at least 4 members (excludes halogenated alkanes) is 1. The minimum atomic E-state index is -0.409. The summed E-state index contributed by atoms with van der Waals surface area (Å²) in [5, 5.41) is 16.5. The summed E-state index contributed by atoms with van der Waals surface area (Å²) in [5.74, 6) is -0.111. The van der Waals surface area contributed by atoms with Gasteiger partial charge in [-0.05, 0) is 25.7 Å². The normalized spacial score (nSPS) is 16.5. The number of aromatic hydroxyl groups is 1. The smallest absolute Gasteiger partial charge is 0.264 e. The molecular formula is C14H23N5O2S. The molecule has 0 aromatic carbocycles. The van der Waals surface area contributed by atoms with Crippen LogP contribution < -0.4 is 5.56 Å². The third-order valence-electron chi connectivity index (χ3n) is 3.77. The Morgan fingerprint density at radius 1 is 1.36 bits per heavy atom. The van der Waals surface area contributed by atoms with Crippen molar-refractivity contribution in [1.29, 1.82) is 0 Å². The molecule has 0 atom stereocenters. The van der Waals surface area contributed by atoms with Crippen LogP contribution in [0.25, 0.3) is 0 Å². The molecule has 22 heavy (non-hydrogen) atoms. The highest BCUT2D eigenvalue weighted by Gasteiger charge is 2.13. The first kappa shape index (κ1) is 16.7. The van der Waals surface area contributed by atoms with Crippen LogP contribution in [0.3, 0.4) is 0 Å². The number of aromatic amines is 1. The lowest BCUT2D eigenvalue weighted by Crippen LogP contribution is -2.41. The van der Waals surface area contributed by atoms with E-state index in [2.05, 4.69) is 29.0 Å². The van der Waals surface area contributed by atoms with Crippen molar-refractivity contribution in [3.05, 3.63) is 20.7 Å². The SMILES string of the molecule is CCCCn1c(O)c(C=NN2CCN(C)CC2)c(=O)[nH]c1=S. The molecule has 1 aliphatic heterocycles. The van der Waals surface area contributed by atoms with Crippen LogP contribution in [-0.2, 0) is 6.54 Å². The average Bonchev–Trinajstić information content (AvgIpc) is 2.48. The van der Waals surface area contributed by atoms with E-state index >= 15 is 0 Å². The standard InChI is InChI=1S/C14H23N5O2S/c1-3-4-5-19-13(21)11(12(20)16-14(19)22)10-15-18-8-6-17(2)7-9-18/h10,21H,3-9H2,1-2H3,(H,16,20,22). The van der Waals surface area contributed by atoms with Gasteiger partial charge < -0.3 is 10.0 Å². The molecule has 0 spiro atoms. The van der Waals surface area contributed by atoms with Crippen molar-refractivity contribution in [3.8, 4) is 5.88 Å². The number of hydrogen-bond donors (Lipinski definition) is 2. The first-order valence-corrected chi connectivity index (χ1v) is 7.97. The number of likely N-dealkylation sites (N-methyl/N-ethyl adjacent to an activating group) is 1. The molecule has 2 heterocycles. The maximum Gasteiger partial charge on any atom is 0.264 e. The lowest BCUT2D eigenvalue weighted by Gasteiger charge is -2.30. The van der Waals surface area contributed by atoms with Gasteiger partial charge in [0.15, 0.2) is 4.77 Å². The van der Waals surface area contributed by atoms with E-state index in [1.165, 1.54) is 6.21 Å². The summed E-state index contributed by atoms with van der Waals surface area (Å²) in [6.45, 7) is 6.11. The first-order valence-electron chi connectivity index (χ1n) is 7.56. The van der Waals surface area contributed by atoms with Crippen molar-refractivity contribution in [1.82, 2.24) is 19.5 Å². The van der Waals surface area contributed by atoms with Gasteiger partial charge in [0, 0.05) is 32.7 Å². The summed E-state index contributed by atoms with van der Waals surface area (Å²) < 4.78 is 1.79. The van der Waals surface area contributed by atoms with Gasteiger partial charge >= 0.3 is 0 Å². The summed E-state index contributed by atoms with van der Waals surface area (Å²) in [7, 11) is 2.07. The molecule has 0 radical (unpaired) electrons. The van der Waals surface area contributed by atoms with Crippen LogP contribution in [0.1, 0.15) is 25.3 Å². The van der Waals surface area contributed by atoms with Gasteiger partial charge in [0.25, 0.3) is 5.56 Å². The number of hydrogen-bond acceptors (Lipinski definition) is 6. The lowest BCUT2D eigenvalue weighted by atomic mass is 10.3. The van der Waals surface area contributed by atoms with E-state index in [4.69, 9.17) is 12.2 Å². The summed E-state index contributed by atoms with van der Waals surface area (Å²) >= 11 is 5.11. The van der Waals surface area contributed by atoms with Crippen LogP contribution in [0.5, 0.6) is 5.88 Å². The Morgan fingerprint density at radius 2 is 2.05 bits per heavy atom. The zero-order chi connectivity index (χ0) is 16.1. The van der Waals surface area contributed by atoms with Crippen LogP contribution >= 0.6 is 12.2 Å². The highest BCUT2D eigenvalue weighted by atomic mass is 32.1. The second-order valence-corrected chi connectivity index (χ2v) is 5.89. The molecule has 1 aromatic rings. The molecule has 0 aliphatic carbocycles. The monoisotopic (exact) mass is 325 g/mol. The number of piperazine rings is 1. The van der Waals surface area contributed by atoms with Gasteiger partial charge in [-0.25, -0.2) is 0 Å². The minimum Gasteiger partial charge on any atom is -0.494 e. The Hall–Kier alpha value is -1.67. The predicted octanol–water partition coefficient (Wildman–Crippen LogP) is 0.993. The third kappa shape index (κ3) is 3.95. The highest BCUT2D eigenvalue weighted by Crippen LogP contribution is 2.13. The predicted molar refractivity (Wildman–Crippen MR) is 89.1 cm³/mol. The third-order valence-corrected chi connectivity index (χ3v) is 4.09. The first-order chi connectivity index (χ1) is 10.5. The molecule has 0 amide bonds. The molecule has 7 nitrogen and oxygen atoms in total. The van der Waals surface area contributed by atoms with E-state index in [0.29, 0.717) is 6.54 Å². The molecule has 0 unspecified atom stereocenters. The van der Waals surface area contributed by atoms with Crippen LogP contribution in [-0.4, -0.2) is 64.0 Å². The van der Waals surface area contributed by atoms with Gasteiger partial charge in [-0.2, -0.15) is 5.10 Å². The summed E-state index contributed by atoms with van der Waals surface area (Å²) in [6.07, 6.45) is 3.28. The van der Waals surface area contributed by atoms with Crippen molar-refractivity contribution < 1.29 is 5.11 Å². The number of aromatic nitrogens is 2. The summed E-state index contributed by atoms with van der Waals surface area (Å²) in [6, 6.07) is 0. The molecule has 1 aliphatic rings. The summed E-state index contributed by atoms with van der Waals surface area (Å²) in [5.41, 5.74) is -0.253. The van der Waals surface area contributed by atoms with Gasteiger partial charge in [-0.15, -0.1) is 0 Å². The van der Waals surface area contributed by atoms with Gasteiger partial charge in [0.1, 0.15) is 5.56 Å². The lowest BCUT2D eigenvalue weighted by molar-refractivity contribution is 0.159. The van der Waals surface area contributed by atoms with Gasteiger partial charge in [-0.1, -0.05) is 13.3 Å². The molecule has 1 saturated heterocycles. The van der Waals surface area contributed by atoms with Crippen molar-refractivity contribution in [2.45, 2.75) is 26.3 Å². The van der Waals surface area contributed by atoms with Gasteiger partial charge in [0.2, 0.25) is 5.88 Å². The van der Waals surface area contributed by atoms with Gasteiger partial charge in [-0.3, -0.25) is 19.4 Å². The fourth-order valence-electron chi connectivity index (χ4n) is 2.27. The van der Waals surface area contributed by atoms with E-state index in [9.17, 15) is 9.90 Å². The molecular weight excluding hydrogens is 302 g/mol. The largest absolute Gasteiger partial charge is 0.494 e. The van der Waals surface area contributed by atoms with Crippen molar-refractivity contribution in [2.24, 2.45) is 5.10 Å². The summed E-state index contributed by atoms with van der Waals surface area (Å²) in [4.78, 5) is 16.8. The molecule has 122 valence electrons. The Bertz CT molecular complexity index is 644. The van der Waals surface area contributed by atoms with Crippen LogP contribution in [0.15, 0.2) is 9.90 Å². The second kappa shape index (κ2) is 7.55. The van der Waals surface area contributed by atoms with Gasteiger partial charge in [0.05, 0.1) is 6.21 Å². The second-order valence-electron chi connectivity index (χ2n) is 5.50. The van der Waals surface area contributed by atoms with E-state index in [1.807, 2.05) is 5.01 Å². The fraction of sp³-hybridized carbons (Fsp3) is 0.643. The topological polar surface area (TPSA) is 76.9 Å². The van der Waals surface area contributed by atoms with Crippen molar-refractivity contribution in [3.63, 3.8) is 0 Å². The Kier molecular flexibility index (Phi) is 5.73. The number of nitrogens with one attached hydrogen (secondary N) is 1. The Labute approximate surface area is 134 Å².